The summed E-state index contributed by atoms with van der Waals surface area (Å²) < 4.78 is 79.1. The Labute approximate surface area is 224 Å². The number of alkyl halides is 3. The highest BCUT2D eigenvalue weighted by Crippen LogP contribution is 2.36. The van der Waals surface area contributed by atoms with Gasteiger partial charge in [0.1, 0.15) is 11.7 Å². The normalized spacial score (nSPS) is 26.3. The number of halogens is 3. The minimum absolute atomic E-state index is 0.0133. The smallest absolute Gasteiger partial charge is 0.423 e. The van der Waals surface area contributed by atoms with Crippen molar-refractivity contribution in [1.82, 2.24) is 19.6 Å². The van der Waals surface area contributed by atoms with Gasteiger partial charge in [0.2, 0.25) is 21.9 Å². The first-order valence-corrected chi connectivity index (χ1v) is 14.7. The van der Waals surface area contributed by atoms with Gasteiger partial charge in [0.15, 0.2) is 0 Å². The third kappa shape index (κ3) is 5.65. The predicted molar refractivity (Wildman–Crippen MR) is 136 cm³/mol. The fourth-order valence-electron chi connectivity index (χ4n) is 5.61. The molecule has 2 aromatic rings. The molecule has 1 aromatic carbocycles. The molecule has 14 heteroatoms. The highest BCUT2D eigenvalue weighted by Gasteiger charge is 2.38. The Balaban J connectivity index is 1.07. The van der Waals surface area contributed by atoms with E-state index < -0.39 is 33.7 Å². The first kappa shape index (κ1) is 26.5. The van der Waals surface area contributed by atoms with Crippen LogP contribution in [0.25, 0.3) is 0 Å². The Morgan fingerprint density at radius 1 is 1.08 bits per heavy atom. The van der Waals surface area contributed by atoms with Gasteiger partial charge in [0, 0.05) is 62.6 Å². The number of fused-ring (bicyclic) bond motifs is 2. The first-order chi connectivity index (χ1) is 18.6. The standard InChI is InChI=1S/C25H31F3N6O4S/c26-25(27,28)22-12-29-24(32-23(22)38-20-7-10-37-15-20)31-16-5-8-34(9-6-16)39(35,36)21-3-1-19(2-4-21)33-13-17-11-18(14-33)30-17/h1-4,12,16-18,20,30H,5-11,13-15H2,(H,29,31,32)/t17?,18?,20-/m0/s1. The summed E-state index contributed by atoms with van der Waals surface area (Å²) in [6.45, 7) is 3.02. The Kier molecular flexibility index (Phi) is 7.06. The van der Waals surface area contributed by atoms with E-state index in [0.717, 1.165) is 18.8 Å². The van der Waals surface area contributed by atoms with Crippen molar-refractivity contribution in [2.45, 2.75) is 61.0 Å². The number of piperazine rings is 1. The molecule has 0 saturated carbocycles. The number of piperidine rings is 2. The molecule has 39 heavy (non-hydrogen) atoms. The monoisotopic (exact) mass is 568 g/mol. The summed E-state index contributed by atoms with van der Waals surface area (Å²) >= 11 is 0. The number of nitrogens with one attached hydrogen (secondary N) is 2. The zero-order valence-corrected chi connectivity index (χ0v) is 22.0. The number of ether oxygens (including phenoxy) is 2. The van der Waals surface area contributed by atoms with Crippen molar-refractivity contribution in [2.75, 3.05) is 49.6 Å². The summed E-state index contributed by atoms with van der Waals surface area (Å²) in [6.07, 6.45) is -1.85. The predicted octanol–water partition coefficient (Wildman–Crippen LogP) is 2.48. The Morgan fingerprint density at radius 3 is 2.38 bits per heavy atom. The van der Waals surface area contributed by atoms with Gasteiger partial charge in [-0.1, -0.05) is 0 Å². The Bertz CT molecular complexity index is 1270. The van der Waals surface area contributed by atoms with Crippen molar-refractivity contribution >= 4 is 21.7 Å². The molecule has 10 nitrogen and oxygen atoms in total. The maximum Gasteiger partial charge on any atom is 0.423 e. The molecule has 5 saturated heterocycles. The molecule has 5 aliphatic rings. The van der Waals surface area contributed by atoms with E-state index in [1.54, 1.807) is 12.1 Å². The van der Waals surface area contributed by atoms with Crippen LogP contribution in [-0.4, -0.2) is 86.3 Å². The summed E-state index contributed by atoms with van der Waals surface area (Å²) in [5.41, 5.74) is -0.0194. The van der Waals surface area contributed by atoms with Gasteiger partial charge < -0.3 is 25.0 Å². The minimum atomic E-state index is -4.66. The third-order valence-corrected chi connectivity index (χ3v) is 9.69. The van der Waals surface area contributed by atoms with Crippen LogP contribution in [0.5, 0.6) is 5.88 Å². The SMILES string of the molecule is O=S(=O)(c1ccc(N2CC3CC(C2)N3)cc1)N1CCC(Nc2ncc(C(F)(F)F)c(O[C@H]3CCOC3)n2)CC1. The summed E-state index contributed by atoms with van der Waals surface area (Å²) in [4.78, 5) is 10.4. The number of hydrogen-bond acceptors (Lipinski definition) is 9. The second kappa shape index (κ2) is 10.4. The third-order valence-electron chi connectivity index (χ3n) is 7.77. The van der Waals surface area contributed by atoms with Crippen LogP contribution in [0.2, 0.25) is 0 Å². The van der Waals surface area contributed by atoms with E-state index in [0.29, 0.717) is 44.1 Å². The zero-order chi connectivity index (χ0) is 27.2. The molecular formula is C25H31F3N6O4S. The van der Waals surface area contributed by atoms with Crippen LogP contribution in [0.4, 0.5) is 24.8 Å². The number of benzene rings is 1. The number of aromatic nitrogens is 2. The van der Waals surface area contributed by atoms with Crippen molar-refractivity contribution < 1.29 is 31.1 Å². The molecule has 0 spiro atoms. The molecule has 0 amide bonds. The van der Waals surface area contributed by atoms with Crippen LogP contribution >= 0.6 is 0 Å². The van der Waals surface area contributed by atoms with E-state index in [1.165, 1.54) is 10.7 Å². The summed E-state index contributed by atoms with van der Waals surface area (Å²) in [5.74, 6) is -0.517. The molecule has 5 aliphatic heterocycles. The number of anilines is 2. The molecule has 3 atom stereocenters. The fraction of sp³-hybridized carbons (Fsp3) is 0.600. The van der Waals surface area contributed by atoms with E-state index in [-0.39, 0.29) is 36.6 Å². The fourth-order valence-corrected chi connectivity index (χ4v) is 7.08. The number of rotatable bonds is 7. The number of nitrogens with zero attached hydrogens (tertiary/aromatic N) is 4. The van der Waals surface area contributed by atoms with Gasteiger partial charge in [-0.25, -0.2) is 13.4 Å². The first-order valence-electron chi connectivity index (χ1n) is 13.2. The van der Waals surface area contributed by atoms with Gasteiger partial charge in [0.05, 0.1) is 18.1 Å². The summed E-state index contributed by atoms with van der Waals surface area (Å²) in [6, 6.07) is 7.88. The zero-order valence-electron chi connectivity index (χ0n) is 21.2. The van der Waals surface area contributed by atoms with Crippen molar-refractivity contribution in [3.05, 3.63) is 36.0 Å². The molecule has 7 rings (SSSR count). The lowest BCUT2D eigenvalue weighted by molar-refractivity contribution is -0.139. The van der Waals surface area contributed by atoms with Gasteiger partial charge in [-0.05, 0) is 43.5 Å². The Hall–Kier alpha value is -2.68. The van der Waals surface area contributed by atoms with Gasteiger partial charge in [0.25, 0.3) is 0 Å². The average Bonchev–Trinajstić information content (AvgIpc) is 3.41. The maximum absolute atomic E-state index is 13.5. The van der Waals surface area contributed by atoms with Crippen LogP contribution in [0.3, 0.4) is 0 Å². The minimum Gasteiger partial charge on any atom is -0.471 e. The van der Waals surface area contributed by atoms with Crippen LogP contribution in [-0.2, 0) is 20.9 Å². The second-order valence-electron chi connectivity index (χ2n) is 10.5. The van der Waals surface area contributed by atoms with Crippen LogP contribution in [0, 0.1) is 0 Å². The lowest BCUT2D eigenvalue weighted by atomic mass is 9.91. The molecule has 1 aromatic heterocycles. The van der Waals surface area contributed by atoms with Crippen LogP contribution in [0.1, 0.15) is 31.2 Å². The molecular weight excluding hydrogens is 537 g/mol. The molecule has 2 unspecified atom stereocenters. The highest BCUT2D eigenvalue weighted by molar-refractivity contribution is 7.89. The largest absolute Gasteiger partial charge is 0.471 e. The van der Waals surface area contributed by atoms with Crippen molar-refractivity contribution in [1.29, 1.82) is 0 Å². The van der Waals surface area contributed by atoms with E-state index >= 15 is 0 Å². The average molecular weight is 569 g/mol. The van der Waals surface area contributed by atoms with Crippen molar-refractivity contribution in [3.63, 3.8) is 0 Å². The molecule has 0 aliphatic carbocycles. The van der Waals surface area contributed by atoms with E-state index in [2.05, 4.69) is 25.5 Å². The molecule has 2 bridgehead atoms. The summed E-state index contributed by atoms with van der Waals surface area (Å²) in [7, 11) is -3.66. The van der Waals surface area contributed by atoms with Gasteiger partial charge >= 0.3 is 6.18 Å². The van der Waals surface area contributed by atoms with Gasteiger partial charge in [-0.3, -0.25) is 0 Å². The maximum atomic E-state index is 13.5. The van der Waals surface area contributed by atoms with Crippen molar-refractivity contribution in [2.24, 2.45) is 0 Å². The topological polar surface area (TPSA) is 109 Å². The summed E-state index contributed by atoms with van der Waals surface area (Å²) in [5, 5.41) is 6.54. The number of hydrogen-bond donors (Lipinski definition) is 2. The molecule has 2 N–H and O–H groups in total. The molecule has 6 heterocycles. The van der Waals surface area contributed by atoms with Gasteiger partial charge in [-0.15, -0.1) is 0 Å². The highest BCUT2D eigenvalue weighted by atomic mass is 32.2. The van der Waals surface area contributed by atoms with Crippen LogP contribution in [0.15, 0.2) is 35.4 Å². The van der Waals surface area contributed by atoms with E-state index in [9.17, 15) is 21.6 Å². The Morgan fingerprint density at radius 2 is 1.77 bits per heavy atom. The molecule has 0 radical (unpaired) electrons. The molecule has 212 valence electrons. The molecule has 5 fully saturated rings. The van der Waals surface area contributed by atoms with Gasteiger partial charge in [-0.2, -0.15) is 22.5 Å². The second-order valence-corrected chi connectivity index (χ2v) is 12.5. The lowest BCUT2D eigenvalue weighted by Crippen LogP contribution is -2.67. The lowest BCUT2D eigenvalue weighted by Gasteiger charge is -2.49. The van der Waals surface area contributed by atoms with Crippen molar-refractivity contribution in [3.8, 4) is 5.88 Å². The quantitative estimate of drug-likeness (QED) is 0.521. The van der Waals surface area contributed by atoms with Crippen LogP contribution < -0.4 is 20.3 Å². The number of sulfonamides is 1. The van der Waals surface area contributed by atoms with E-state index in [1.807, 2.05) is 12.1 Å². The van der Waals surface area contributed by atoms with E-state index in [4.69, 9.17) is 9.47 Å².